The minimum absolute atomic E-state index is 0.0524. The minimum atomic E-state index is -1.01. The third-order valence-electron chi connectivity index (χ3n) is 4.44. The molecule has 3 unspecified atom stereocenters. The Hall–Kier alpha value is -1.47. The largest absolute Gasteiger partial charge is 0.476 e. The molecule has 21 heavy (non-hydrogen) atoms. The fraction of sp³-hybridized carbons (Fsp3) is 0.643. The number of rotatable bonds is 5. The van der Waals surface area contributed by atoms with Crippen LogP contribution in [0.3, 0.4) is 0 Å². The lowest BCUT2D eigenvalue weighted by Gasteiger charge is -2.17. The van der Waals surface area contributed by atoms with Crippen molar-refractivity contribution in [3.8, 4) is 0 Å². The maximum Gasteiger partial charge on any atom is 0.355 e. The number of hydrogen-bond donors (Lipinski definition) is 3. The SMILES string of the molecule is O=C(O)c1csc(CCNC(=O)C2NCC3CCCC32)n1. The Kier molecular flexibility index (Phi) is 4.21. The molecule has 1 amide bonds. The number of carboxylic acids is 1. The number of aromatic nitrogens is 1. The van der Waals surface area contributed by atoms with Gasteiger partial charge in [-0.15, -0.1) is 11.3 Å². The molecular formula is C14H19N3O3S. The highest BCUT2D eigenvalue weighted by Gasteiger charge is 2.42. The van der Waals surface area contributed by atoms with Crippen LogP contribution in [0, 0.1) is 11.8 Å². The van der Waals surface area contributed by atoms with Gasteiger partial charge < -0.3 is 15.7 Å². The second kappa shape index (κ2) is 6.11. The summed E-state index contributed by atoms with van der Waals surface area (Å²) in [6, 6.07) is -0.0524. The van der Waals surface area contributed by atoms with E-state index >= 15 is 0 Å². The molecule has 0 bridgehead atoms. The van der Waals surface area contributed by atoms with Gasteiger partial charge in [-0.2, -0.15) is 0 Å². The van der Waals surface area contributed by atoms with E-state index in [0.29, 0.717) is 24.8 Å². The van der Waals surface area contributed by atoms with Gasteiger partial charge in [0.1, 0.15) is 0 Å². The Morgan fingerprint density at radius 2 is 2.33 bits per heavy atom. The van der Waals surface area contributed by atoms with Crippen LogP contribution < -0.4 is 10.6 Å². The molecule has 6 nitrogen and oxygen atoms in total. The van der Waals surface area contributed by atoms with Crippen molar-refractivity contribution in [1.29, 1.82) is 0 Å². The zero-order chi connectivity index (χ0) is 14.8. The van der Waals surface area contributed by atoms with Gasteiger partial charge in [-0.05, 0) is 31.2 Å². The van der Waals surface area contributed by atoms with Crippen LogP contribution in [-0.2, 0) is 11.2 Å². The standard InChI is InChI=1S/C14H19N3O3S/c18-13(12-9-3-1-2-8(9)6-16-12)15-5-4-11-17-10(7-21-11)14(19)20/h7-9,12,16H,1-6H2,(H,15,18)(H,19,20). The molecule has 2 fully saturated rings. The molecule has 1 aromatic rings. The van der Waals surface area contributed by atoms with Gasteiger partial charge in [0.05, 0.1) is 11.0 Å². The summed E-state index contributed by atoms with van der Waals surface area (Å²) in [5.41, 5.74) is 0.0765. The van der Waals surface area contributed by atoms with E-state index in [1.165, 1.54) is 29.6 Å². The molecule has 2 aliphatic rings. The second-order valence-electron chi connectivity index (χ2n) is 5.71. The maximum atomic E-state index is 12.2. The predicted octanol–water partition coefficient (Wildman–Crippen LogP) is 0.888. The van der Waals surface area contributed by atoms with E-state index in [1.807, 2.05) is 0 Å². The van der Waals surface area contributed by atoms with E-state index in [4.69, 9.17) is 5.11 Å². The molecule has 3 rings (SSSR count). The lowest BCUT2D eigenvalue weighted by Crippen LogP contribution is -2.44. The van der Waals surface area contributed by atoms with Crippen molar-refractivity contribution in [3.05, 3.63) is 16.1 Å². The fourth-order valence-corrected chi connectivity index (χ4v) is 4.17. The van der Waals surface area contributed by atoms with Crippen LogP contribution in [0.5, 0.6) is 0 Å². The van der Waals surface area contributed by atoms with Crippen molar-refractivity contribution in [2.75, 3.05) is 13.1 Å². The van der Waals surface area contributed by atoms with Gasteiger partial charge in [0.25, 0.3) is 0 Å². The van der Waals surface area contributed by atoms with Crippen molar-refractivity contribution >= 4 is 23.2 Å². The first-order valence-electron chi connectivity index (χ1n) is 7.34. The number of thiazole rings is 1. The van der Waals surface area contributed by atoms with Crippen molar-refractivity contribution in [2.45, 2.75) is 31.7 Å². The van der Waals surface area contributed by atoms with Crippen molar-refractivity contribution < 1.29 is 14.7 Å². The normalized spacial score (nSPS) is 27.5. The Labute approximate surface area is 127 Å². The van der Waals surface area contributed by atoms with E-state index < -0.39 is 5.97 Å². The van der Waals surface area contributed by atoms with Crippen LogP contribution in [0.15, 0.2) is 5.38 Å². The second-order valence-corrected chi connectivity index (χ2v) is 6.66. The highest BCUT2D eigenvalue weighted by atomic mass is 32.1. The van der Waals surface area contributed by atoms with Gasteiger partial charge in [-0.3, -0.25) is 4.79 Å². The van der Waals surface area contributed by atoms with Crippen LogP contribution >= 0.6 is 11.3 Å². The summed E-state index contributed by atoms with van der Waals surface area (Å²) in [6.07, 6.45) is 4.19. The number of carbonyl (C=O) groups is 2. The molecule has 7 heteroatoms. The Morgan fingerprint density at radius 1 is 1.48 bits per heavy atom. The topological polar surface area (TPSA) is 91.3 Å². The summed E-state index contributed by atoms with van der Waals surface area (Å²) in [5, 5.41) is 17.3. The summed E-state index contributed by atoms with van der Waals surface area (Å²) in [6.45, 7) is 1.46. The van der Waals surface area contributed by atoms with E-state index in [2.05, 4.69) is 15.6 Å². The van der Waals surface area contributed by atoms with Crippen LogP contribution in [-0.4, -0.2) is 41.1 Å². The summed E-state index contributed by atoms with van der Waals surface area (Å²) in [4.78, 5) is 27.0. The summed E-state index contributed by atoms with van der Waals surface area (Å²) < 4.78 is 0. The van der Waals surface area contributed by atoms with Crippen LogP contribution in [0.2, 0.25) is 0 Å². The van der Waals surface area contributed by atoms with E-state index in [9.17, 15) is 9.59 Å². The van der Waals surface area contributed by atoms with Gasteiger partial charge in [-0.1, -0.05) is 6.42 Å². The molecule has 3 N–H and O–H groups in total. The van der Waals surface area contributed by atoms with Gasteiger partial charge in [-0.25, -0.2) is 9.78 Å². The summed E-state index contributed by atoms with van der Waals surface area (Å²) >= 11 is 1.32. The molecule has 0 spiro atoms. The monoisotopic (exact) mass is 309 g/mol. The van der Waals surface area contributed by atoms with E-state index in [-0.39, 0.29) is 17.6 Å². The zero-order valence-corrected chi connectivity index (χ0v) is 12.5. The number of nitrogens with one attached hydrogen (secondary N) is 2. The number of carbonyl (C=O) groups excluding carboxylic acids is 1. The molecule has 1 saturated heterocycles. The highest BCUT2D eigenvalue weighted by Crippen LogP contribution is 2.37. The van der Waals surface area contributed by atoms with Crippen LogP contribution in [0.4, 0.5) is 0 Å². The lowest BCUT2D eigenvalue weighted by atomic mass is 9.93. The Bertz CT molecular complexity index is 545. The van der Waals surface area contributed by atoms with Crippen LogP contribution in [0.1, 0.15) is 34.8 Å². The molecule has 1 aliphatic carbocycles. The minimum Gasteiger partial charge on any atom is -0.476 e. The van der Waals surface area contributed by atoms with Gasteiger partial charge in [0, 0.05) is 18.3 Å². The van der Waals surface area contributed by atoms with Gasteiger partial charge >= 0.3 is 5.97 Å². The van der Waals surface area contributed by atoms with Crippen LogP contribution in [0.25, 0.3) is 0 Å². The zero-order valence-electron chi connectivity index (χ0n) is 11.7. The van der Waals surface area contributed by atoms with E-state index in [0.717, 1.165) is 18.0 Å². The number of carboxylic acid groups (broad SMARTS) is 1. The predicted molar refractivity (Wildman–Crippen MR) is 78.4 cm³/mol. The average Bonchev–Trinajstić information content (AvgIpc) is 3.14. The summed E-state index contributed by atoms with van der Waals surface area (Å²) in [7, 11) is 0. The number of nitrogens with zero attached hydrogens (tertiary/aromatic N) is 1. The quantitative estimate of drug-likeness (QED) is 0.751. The number of fused-ring (bicyclic) bond motifs is 1. The lowest BCUT2D eigenvalue weighted by molar-refractivity contribution is -0.123. The number of hydrogen-bond acceptors (Lipinski definition) is 5. The molecule has 1 aliphatic heterocycles. The third-order valence-corrected chi connectivity index (χ3v) is 5.35. The molecule has 1 aromatic heterocycles. The van der Waals surface area contributed by atoms with Crippen molar-refractivity contribution in [1.82, 2.24) is 15.6 Å². The summed E-state index contributed by atoms with van der Waals surface area (Å²) in [5.74, 6) is 0.213. The third kappa shape index (κ3) is 3.08. The van der Waals surface area contributed by atoms with Crippen molar-refractivity contribution in [2.24, 2.45) is 11.8 Å². The van der Waals surface area contributed by atoms with E-state index in [1.54, 1.807) is 0 Å². The molecule has 114 valence electrons. The number of aromatic carboxylic acids is 1. The maximum absolute atomic E-state index is 12.2. The highest BCUT2D eigenvalue weighted by molar-refractivity contribution is 7.09. The molecule has 2 heterocycles. The molecule has 0 aromatic carbocycles. The average molecular weight is 309 g/mol. The molecule has 1 saturated carbocycles. The molecule has 3 atom stereocenters. The first kappa shape index (κ1) is 14.5. The first-order chi connectivity index (χ1) is 10.1. The van der Waals surface area contributed by atoms with Crippen molar-refractivity contribution in [3.63, 3.8) is 0 Å². The molecular weight excluding hydrogens is 290 g/mol. The van der Waals surface area contributed by atoms with Gasteiger partial charge in [0.2, 0.25) is 5.91 Å². The Balaban J connectivity index is 1.46. The first-order valence-corrected chi connectivity index (χ1v) is 8.22. The number of amides is 1. The Morgan fingerprint density at radius 3 is 3.10 bits per heavy atom. The van der Waals surface area contributed by atoms with Gasteiger partial charge in [0.15, 0.2) is 5.69 Å². The molecule has 0 radical (unpaired) electrons. The fourth-order valence-electron chi connectivity index (χ4n) is 3.40. The smallest absolute Gasteiger partial charge is 0.355 e.